The highest BCUT2D eigenvalue weighted by Crippen LogP contribution is 2.10. The molecule has 116 valence electrons. The van der Waals surface area contributed by atoms with E-state index < -0.39 is 5.97 Å². The minimum absolute atomic E-state index is 0.0653. The summed E-state index contributed by atoms with van der Waals surface area (Å²) in [4.78, 5) is 22.3. The van der Waals surface area contributed by atoms with Crippen LogP contribution < -0.4 is 5.32 Å². The third kappa shape index (κ3) is 7.49. The predicted molar refractivity (Wildman–Crippen MR) is 83.2 cm³/mol. The first kappa shape index (κ1) is 17.2. The Labute approximate surface area is 126 Å². The van der Waals surface area contributed by atoms with Crippen LogP contribution in [0.4, 0.5) is 0 Å². The van der Waals surface area contributed by atoms with Gasteiger partial charge in [-0.3, -0.25) is 9.59 Å². The molecule has 0 spiro atoms. The highest BCUT2D eigenvalue weighted by Gasteiger charge is 2.10. The Bertz CT molecular complexity index is 465. The largest absolute Gasteiger partial charge is 0.481 e. The molecule has 0 aromatic heterocycles. The van der Waals surface area contributed by atoms with Gasteiger partial charge in [-0.2, -0.15) is 0 Å². The zero-order chi connectivity index (χ0) is 15.8. The van der Waals surface area contributed by atoms with Crippen LogP contribution in [0.25, 0.3) is 0 Å². The Morgan fingerprint density at radius 2 is 1.67 bits per heavy atom. The van der Waals surface area contributed by atoms with Gasteiger partial charge in [0.2, 0.25) is 5.91 Å². The molecule has 1 rings (SSSR count). The van der Waals surface area contributed by atoms with Crippen LogP contribution in [0.2, 0.25) is 0 Å². The fourth-order valence-corrected chi connectivity index (χ4v) is 2.19. The second kappa shape index (κ2) is 8.45. The molecule has 0 aliphatic rings. The molecule has 0 fully saturated rings. The predicted octanol–water partition coefficient (Wildman–Crippen LogP) is 2.80. The van der Waals surface area contributed by atoms with Gasteiger partial charge in [-0.25, -0.2) is 0 Å². The summed E-state index contributed by atoms with van der Waals surface area (Å²) in [6.07, 6.45) is 1.90. The average Bonchev–Trinajstić information content (AvgIpc) is 2.38. The van der Waals surface area contributed by atoms with Crippen molar-refractivity contribution in [3.63, 3.8) is 0 Å². The van der Waals surface area contributed by atoms with E-state index in [1.807, 2.05) is 19.1 Å². The fourth-order valence-electron chi connectivity index (χ4n) is 2.19. The molecule has 0 aliphatic heterocycles. The van der Waals surface area contributed by atoms with Crippen molar-refractivity contribution < 1.29 is 14.7 Å². The molecule has 0 radical (unpaired) electrons. The summed E-state index contributed by atoms with van der Waals surface area (Å²) in [6, 6.07) is 7.99. The van der Waals surface area contributed by atoms with E-state index in [2.05, 4.69) is 31.3 Å². The van der Waals surface area contributed by atoms with E-state index >= 15 is 0 Å². The van der Waals surface area contributed by atoms with Crippen molar-refractivity contribution in [1.82, 2.24) is 5.32 Å². The van der Waals surface area contributed by atoms with Crippen molar-refractivity contribution in [2.45, 2.75) is 52.5 Å². The minimum atomic E-state index is -0.836. The van der Waals surface area contributed by atoms with Crippen molar-refractivity contribution in [2.24, 2.45) is 5.92 Å². The van der Waals surface area contributed by atoms with Crippen LogP contribution in [-0.2, 0) is 22.4 Å². The number of amides is 1. The molecule has 1 aromatic carbocycles. The molecule has 0 saturated heterocycles. The van der Waals surface area contributed by atoms with Gasteiger partial charge >= 0.3 is 5.97 Å². The lowest BCUT2D eigenvalue weighted by molar-refractivity contribution is -0.137. The Morgan fingerprint density at radius 3 is 2.19 bits per heavy atom. The molecular weight excluding hydrogens is 266 g/mol. The number of benzene rings is 1. The standard InChI is InChI=1S/C17H25NO3/c1-12(2)10-14-5-7-15(8-6-14)11-16(19)18-13(3)4-9-17(20)21/h5-8,12-13H,4,9-11H2,1-3H3,(H,18,19)(H,20,21). The first-order chi connectivity index (χ1) is 9.86. The van der Waals surface area contributed by atoms with Gasteiger partial charge in [0, 0.05) is 12.5 Å². The summed E-state index contributed by atoms with van der Waals surface area (Å²) in [7, 11) is 0. The van der Waals surface area contributed by atoms with Crippen molar-refractivity contribution in [1.29, 1.82) is 0 Å². The number of carboxylic acids is 1. The third-order valence-electron chi connectivity index (χ3n) is 3.23. The number of aliphatic carboxylic acids is 1. The lowest BCUT2D eigenvalue weighted by Crippen LogP contribution is -2.34. The minimum Gasteiger partial charge on any atom is -0.481 e. The molecule has 0 heterocycles. The number of carbonyl (C=O) groups excluding carboxylic acids is 1. The summed E-state index contributed by atoms with van der Waals surface area (Å²) in [6.45, 7) is 6.19. The normalized spacial score (nSPS) is 12.2. The molecule has 1 atom stereocenters. The van der Waals surface area contributed by atoms with Gasteiger partial charge in [0.15, 0.2) is 0 Å². The van der Waals surface area contributed by atoms with Gasteiger partial charge in [0.25, 0.3) is 0 Å². The van der Waals surface area contributed by atoms with E-state index in [0.29, 0.717) is 18.8 Å². The zero-order valence-corrected chi connectivity index (χ0v) is 13.1. The van der Waals surface area contributed by atoms with Crippen LogP contribution in [0.3, 0.4) is 0 Å². The second-order valence-electron chi connectivity index (χ2n) is 5.99. The van der Waals surface area contributed by atoms with Crippen LogP contribution >= 0.6 is 0 Å². The van der Waals surface area contributed by atoms with Crippen LogP contribution in [0.15, 0.2) is 24.3 Å². The van der Waals surface area contributed by atoms with E-state index in [9.17, 15) is 9.59 Å². The van der Waals surface area contributed by atoms with Gasteiger partial charge in [-0.05, 0) is 36.8 Å². The Hall–Kier alpha value is -1.84. The van der Waals surface area contributed by atoms with Crippen molar-refractivity contribution in [3.05, 3.63) is 35.4 Å². The van der Waals surface area contributed by atoms with E-state index in [-0.39, 0.29) is 18.4 Å². The van der Waals surface area contributed by atoms with Crippen LogP contribution in [0, 0.1) is 5.92 Å². The number of carbonyl (C=O) groups is 2. The van der Waals surface area contributed by atoms with Crippen LogP contribution in [-0.4, -0.2) is 23.0 Å². The highest BCUT2D eigenvalue weighted by atomic mass is 16.4. The van der Waals surface area contributed by atoms with Gasteiger partial charge in [0.1, 0.15) is 0 Å². The van der Waals surface area contributed by atoms with Crippen LogP contribution in [0.5, 0.6) is 0 Å². The lowest BCUT2D eigenvalue weighted by atomic mass is 10.0. The molecule has 1 unspecified atom stereocenters. The summed E-state index contributed by atoms with van der Waals surface area (Å²) in [5.41, 5.74) is 2.26. The Balaban J connectivity index is 2.42. The maximum Gasteiger partial charge on any atom is 0.303 e. The lowest BCUT2D eigenvalue weighted by Gasteiger charge is -2.13. The SMILES string of the molecule is CC(C)Cc1ccc(CC(=O)NC(C)CCC(=O)O)cc1. The van der Waals surface area contributed by atoms with Gasteiger partial charge in [-0.15, -0.1) is 0 Å². The number of carboxylic acid groups (broad SMARTS) is 1. The summed E-state index contributed by atoms with van der Waals surface area (Å²) in [5.74, 6) is -0.282. The molecule has 0 bridgehead atoms. The Kier molecular flexibility index (Phi) is 6.92. The average molecular weight is 291 g/mol. The highest BCUT2D eigenvalue weighted by molar-refractivity contribution is 5.78. The quantitative estimate of drug-likeness (QED) is 0.774. The first-order valence-electron chi connectivity index (χ1n) is 7.45. The topological polar surface area (TPSA) is 66.4 Å². The van der Waals surface area contributed by atoms with Gasteiger partial charge in [-0.1, -0.05) is 38.1 Å². The zero-order valence-electron chi connectivity index (χ0n) is 13.1. The maximum atomic E-state index is 11.9. The first-order valence-corrected chi connectivity index (χ1v) is 7.45. The smallest absolute Gasteiger partial charge is 0.303 e. The molecule has 4 nitrogen and oxygen atoms in total. The van der Waals surface area contributed by atoms with Gasteiger partial charge in [0.05, 0.1) is 6.42 Å². The fraction of sp³-hybridized carbons (Fsp3) is 0.529. The number of hydrogen-bond donors (Lipinski definition) is 2. The second-order valence-corrected chi connectivity index (χ2v) is 5.99. The van der Waals surface area contributed by atoms with E-state index in [1.54, 1.807) is 0 Å². The molecule has 2 N–H and O–H groups in total. The number of hydrogen-bond acceptors (Lipinski definition) is 2. The van der Waals surface area contributed by atoms with Crippen molar-refractivity contribution in [2.75, 3.05) is 0 Å². The van der Waals surface area contributed by atoms with Crippen molar-refractivity contribution in [3.8, 4) is 0 Å². The molecule has 0 aliphatic carbocycles. The maximum absolute atomic E-state index is 11.9. The number of rotatable bonds is 8. The van der Waals surface area contributed by atoms with E-state index in [1.165, 1.54) is 5.56 Å². The molecule has 1 amide bonds. The van der Waals surface area contributed by atoms with Gasteiger partial charge < -0.3 is 10.4 Å². The van der Waals surface area contributed by atoms with Crippen molar-refractivity contribution >= 4 is 11.9 Å². The monoisotopic (exact) mass is 291 g/mol. The molecule has 0 saturated carbocycles. The van der Waals surface area contributed by atoms with Crippen LogP contribution in [0.1, 0.15) is 44.7 Å². The molecule has 4 heteroatoms. The number of nitrogens with one attached hydrogen (secondary N) is 1. The summed E-state index contributed by atoms with van der Waals surface area (Å²) >= 11 is 0. The third-order valence-corrected chi connectivity index (χ3v) is 3.23. The molecule has 1 aromatic rings. The van der Waals surface area contributed by atoms with E-state index in [4.69, 9.17) is 5.11 Å². The molecule has 21 heavy (non-hydrogen) atoms. The molecular formula is C17H25NO3. The summed E-state index contributed by atoms with van der Waals surface area (Å²) < 4.78 is 0. The Morgan fingerprint density at radius 1 is 1.10 bits per heavy atom. The van der Waals surface area contributed by atoms with E-state index in [0.717, 1.165) is 12.0 Å². The summed E-state index contributed by atoms with van der Waals surface area (Å²) in [5, 5.41) is 11.4.